The van der Waals surface area contributed by atoms with Gasteiger partial charge in [0.15, 0.2) is 6.10 Å². The van der Waals surface area contributed by atoms with Crippen LogP contribution in [-0.2, 0) is 28.6 Å². The number of ether oxygens (including phenoxy) is 3. The third-order valence-electron chi connectivity index (χ3n) is 13.5. The number of allylic oxidation sites excluding steroid dienone is 10. The van der Waals surface area contributed by atoms with Gasteiger partial charge in [0.1, 0.15) is 13.2 Å². The van der Waals surface area contributed by atoms with Crippen LogP contribution >= 0.6 is 0 Å². The number of hydrogen-bond donors (Lipinski definition) is 0. The third kappa shape index (κ3) is 57.9. The second-order valence-electron chi connectivity index (χ2n) is 20.6. The number of unbranched alkanes of at least 4 members (excludes halogenated alkanes) is 35. The molecule has 71 heavy (non-hydrogen) atoms. The molecule has 0 amide bonds. The second-order valence-corrected chi connectivity index (χ2v) is 20.6. The highest BCUT2D eigenvalue weighted by molar-refractivity contribution is 5.71. The van der Waals surface area contributed by atoms with Gasteiger partial charge in [0.25, 0.3) is 0 Å². The standard InChI is InChI=1S/C65H116O6/c1-4-7-10-13-16-19-22-25-28-29-30-31-32-33-34-35-38-40-43-46-49-52-55-58-64(67)70-61-62(71-65(68)59-56-53-50-47-44-41-37-27-24-21-18-15-12-9-6-3)60-69-63(66)57-54-51-48-45-42-39-36-26-23-20-17-14-11-8-5-2/h9,12,18,21,27,29-30,37,44,47,62H,4-8,10-11,13-17,19-20,22-26,28,31-36,38-43,45-46,48-61H2,1-3H3/b12-9-,21-18-,30-29-,37-27-,47-44-. The number of carbonyl (C=O) groups is 3. The van der Waals surface area contributed by atoms with Crippen molar-refractivity contribution in [3.8, 4) is 0 Å². The number of esters is 3. The van der Waals surface area contributed by atoms with E-state index in [9.17, 15) is 14.4 Å². The summed E-state index contributed by atoms with van der Waals surface area (Å²) in [4.78, 5) is 38.2. The van der Waals surface area contributed by atoms with E-state index in [4.69, 9.17) is 14.2 Å². The highest BCUT2D eigenvalue weighted by Crippen LogP contribution is 2.17. The first kappa shape index (κ1) is 68.1. The zero-order chi connectivity index (χ0) is 51.4. The molecule has 0 aliphatic rings. The van der Waals surface area contributed by atoms with E-state index in [-0.39, 0.29) is 37.5 Å². The van der Waals surface area contributed by atoms with Crippen molar-refractivity contribution in [2.45, 2.75) is 322 Å². The van der Waals surface area contributed by atoms with Crippen molar-refractivity contribution in [2.24, 2.45) is 0 Å². The number of carbonyl (C=O) groups excluding carboxylic acids is 3. The Labute approximate surface area is 440 Å². The maximum Gasteiger partial charge on any atom is 0.306 e. The molecule has 0 fully saturated rings. The lowest BCUT2D eigenvalue weighted by molar-refractivity contribution is -0.167. The second kappa shape index (κ2) is 59.7. The molecule has 6 heteroatoms. The zero-order valence-electron chi connectivity index (χ0n) is 47.2. The third-order valence-corrected chi connectivity index (χ3v) is 13.5. The van der Waals surface area contributed by atoms with Crippen LogP contribution in [0, 0.1) is 0 Å². The molecule has 0 rings (SSSR count). The van der Waals surface area contributed by atoms with Crippen molar-refractivity contribution in [3.05, 3.63) is 60.8 Å². The van der Waals surface area contributed by atoms with Gasteiger partial charge in [-0.2, -0.15) is 0 Å². The molecule has 0 heterocycles. The average Bonchev–Trinajstić information content (AvgIpc) is 3.37. The van der Waals surface area contributed by atoms with E-state index in [1.807, 2.05) is 0 Å². The van der Waals surface area contributed by atoms with Gasteiger partial charge in [0.2, 0.25) is 0 Å². The minimum Gasteiger partial charge on any atom is -0.462 e. The van der Waals surface area contributed by atoms with E-state index < -0.39 is 6.10 Å². The Hall–Kier alpha value is -2.89. The SMILES string of the molecule is CC/C=C\C/C=C\C/C=C\C/C=C\CCCCC(=O)OC(COC(=O)CCCCCCCCCCCCC/C=C\CCCCCCCCCC)COC(=O)CCCCCCCCCCCCCCCCC. The summed E-state index contributed by atoms with van der Waals surface area (Å²) in [5.74, 6) is -0.915. The fourth-order valence-electron chi connectivity index (χ4n) is 8.90. The lowest BCUT2D eigenvalue weighted by atomic mass is 10.0. The molecule has 0 radical (unpaired) electrons. The van der Waals surface area contributed by atoms with Crippen molar-refractivity contribution < 1.29 is 28.6 Å². The van der Waals surface area contributed by atoms with Crippen molar-refractivity contribution >= 4 is 17.9 Å². The van der Waals surface area contributed by atoms with E-state index in [2.05, 4.69) is 81.5 Å². The van der Waals surface area contributed by atoms with Crippen LogP contribution in [0.1, 0.15) is 316 Å². The summed E-state index contributed by atoms with van der Waals surface area (Å²) < 4.78 is 16.9. The number of rotatable bonds is 56. The Morgan fingerprint density at radius 2 is 0.549 bits per heavy atom. The Kier molecular flexibility index (Phi) is 57.2. The molecule has 1 unspecified atom stereocenters. The monoisotopic (exact) mass is 993 g/mol. The summed E-state index contributed by atoms with van der Waals surface area (Å²) in [5, 5.41) is 0. The molecule has 6 nitrogen and oxygen atoms in total. The molecule has 0 bridgehead atoms. The lowest BCUT2D eigenvalue weighted by Gasteiger charge is -2.18. The molecule has 0 saturated heterocycles. The fourth-order valence-corrected chi connectivity index (χ4v) is 8.90. The van der Waals surface area contributed by atoms with Crippen molar-refractivity contribution in [1.82, 2.24) is 0 Å². The van der Waals surface area contributed by atoms with E-state index >= 15 is 0 Å². The van der Waals surface area contributed by atoms with Gasteiger partial charge >= 0.3 is 17.9 Å². The van der Waals surface area contributed by atoms with Gasteiger partial charge in [-0.25, -0.2) is 0 Å². The predicted octanol–water partition coefficient (Wildman–Crippen LogP) is 20.8. The molecule has 1 atom stereocenters. The van der Waals surface area contributed by atoms with E-state index in [1.165, 1.54) is 193 Å². The molecule has 0 aromatic heterocycles. The van der Waals surface area contributed by atoms with Crippen molar-refractivity contribution in [1.29, 1.82) is 0 Å². The van der Waals surface area contributed by atoms with Gasteiger partial charge in [-0.15, -0.1) is 0 Å². The Morgan fingerprint density at radius 3 is 0.901 bits per heavy atom. The molecule has 0 spiro atoms. The van der Waals surface area contributed by atoms with Gasteiger partial charge in [-0.1, -0.05) is 274 Å². The lowest BCUT2D eigenvalue weighted by Crippen LogP contribution is -2.30. The maximum atomic E-state index is 12.8. The zero-order valence-corrected chi connectivity index (χ0v) is 47.2. The van der Waals surface area contributed by atoms with Crippen LogP contribution < -0.4 is 0 Å². The molecule has 0 aliphatic carbocycles. The van der Waals surface area contributed by atoms with Crippen LogP contribution in [0.15, 0.2) is 60.8 Å². The van der Waals surface area contributed by atoms with Crippen LogP contribution in [0.25, 0.3) is 0 Å². The van der Waals surface area contributed by atoms with Gasteiger partial charge in [-0.3, -0.25) is 14.4 Å². The summed E-state index contributed by atoms with van der Waals surface area (Å²) in [5.41, 5.74) is 0. The topological polar surface area (TPSA) is 78.9 Å². The minimum absolute atomic E-state index is 0.0880. The first-order valence-corrected chi connectivity index (χ1v) is 30.8. The molecule has 0 aromatic carbocycles. The van der Waals surface area contributed by atoms with Gasteiger partial charge < -0.3 is 14.2 Å². The summed E-state index contributed by atoms with van der Waals surface area (Å²) in [6.45, 7) is 6.53. The van der Waals surface area contributed by atoms with E-state index in [1.54, 1.807) is 0 Å². The molecule has 0 N–H and O–H groups in total. The van der Waals surface area contributed by atoms with Gasteiger partial charge in [0.05, 0.1) is 0 Å². The highest BCUT2D eigenvalue weighted by Gasteiger charge is 2.19. The van der Waals surface area contributed by atoms with Crippen LogP contribution in [0.3, 0.4) is 0 Å². The number of hydrogen-bond acceptors (Lipinski definition) is 6. The van der Waals surface area contributed by atoms with Gasteiger partial charge in [0, 0.05) is 19.3 Å². The van der Waals surface area contributed by atoms with E-state index in [0.717, 1.165) is 77.0 Å². The highest BCUT2D eigenvalue weighted by atomic mass is 16.6. The first-order chi connectivity index (χ1) is 35.0. The molecular formula is C65H116O6. The fraction of sp³-hybridized carbons (Fsp3) is 0.800. The summed E-state index contributed by atoms with van der Waals surface area (Å²) in [6.07, 6.45) is 75.1. The minimum atomic E-state index is -0.794. The predicted molar refractivity (Wildman–Crippen MR) is 307 cm³/mol. The van der Waals surface area contributed by atoms with Crippen LogP contribution in [-0.4, -0.2) is 37.2 Å². The van der Waals surface area contributed by atoms with Crippen LogP contribution in [0.2, 0.25) is 0 Å². The molecule has 0 aliphatic heterocycles. The quantitative estimate of drug-likeness (QED) is 0.0261. The van der Waals surface area contributed by atoms with E-state index in [0.29, 0.717) is 19.3 Å². The molecule has 412 valence electrons. The smallest absolute Gasteiger partial charge is 0.306 e. The first-order valence-electron chi connectivity index (χ1n) is 30.8. The molecule has 0 aromatic rings. The normalized spacial score (nSPS) is 12.4. The Balaban J connectivity index is 4.33. The molecular weight excluding hydrogens is 877 g/mol. The average molecular weight is 994 g/mol. The van der Waals surface area contributed by atoms with Crippen molar-refractivity contribution in [3.63, 3.8) is 0 Å². The summed E-state index contributed by atoms with van der Waals surface area (Å²) >= 11 is 0. The molecule has 0 saturated carbocycles. The Bertz CT molecular complexity index is 1280. The largest absolute Gasteiger partial charge is 0.462 e. The Morgan fingerprint density at radius 1 is 0.296 bits per heavy atom. The summed E-state index contributed by atoms with van der Waals surface area (Å²) in [6, 6.07) is 0. The summed E-state index contributed by atoms with van der Waals surface area (Å²) in [7, 11) is 0. The maximum absolute atomic E-state index is 12.8. The van der Waals surface area contributed by atoms with Crippen LogP contribution in [0.4, 0.5) is 0 Å². The van der Waals surface area contributed by atoms with Crippen molar-refractivity contribution in [2.75, 3.05) is 13.2 Å². The van der Waals surface area contributed by atoms with Crippen LogP contribution in [0.5, 0.6) is 0 Å². The van der Waals surface area contributed by atoms with Gasteiger partial charge in [-0.05, 0) is 83.5 Å².